The van der Waals surface area contributed by atoms with Gasteiger partial charge in [-0.1, -0.05) is 18.3 Å². The second kappa shape index (κ2) is 7.61. The van der Waals surface area contributed by atoms with Gasteiger partial charge in [0.2, 0.25) is 5.13 Å². The molecule has 1 heterocycles. The Morgan fingerprint density at radius 2 is 2.14 bits per heavy atom. The molecular weight excluding hydrogens is 354 g/mol. The monoisotopic (exact) mass is 371 g/mol. The molecule has 0 aliphatic heterocycles. The number of aryl methyl sites for hydroxylation is 1. The summed E-state index contributed by atoms with van der Waals surface area (Å²) >= 11 is 5.08. The summed E-state index contributed by atoms with van der Waals surface area (Å²) < 4.78 is 12.0. The van der Waals surface area contributed by atoms with Gasteiger partial charge in [0, 0.05) is 6.54 Å². The number of halogens is 1. The molecule has 21 heavy (non-hydrogen) atoms. The number of aromatic nitrogens is 2. The van der Waals surface area contributed by atoms with Crippen LogP contribution in [-0.2, 0) is 6.54 Å². The first kappa shape index (κ1) is 16.0. The lowest BCUT2D eigenvalue weighted by Crippen LogP contribution is -2.03. The van der Waals surface area contributed by atoms with Crippen LogP contribution in [0.3, 0.4) is 0 Å². The summed E-state index contributed by atoms with van der Waals surface area (Å²) in [4.78, 5) is 0. The molecule has 0 saturated carbocycles. The van der Waals surface area contributed by atoms with Crippen LogP contribution in [0.25, 0.3) is 0 Å². The van der Waals surface area contributed by atoms with E-state index in [2.05, 4.69) is 38.4 Å². The van der Waals surface area contributed by atoms with Crippen LogP contribution in [0, 0.1) is 6.92 Å². The lowest BCUT2D eigenvalue weighted by molar-refractivity contribution is 0.292. The Morgan fingerprint density at radius 1 is 1.33 bits per heavy atom. The second-order valence-corrected chi connectivity index (χ2v) is 6.47. The Morgan fingerprint density at radius 3 is 2.76 bits per heavy atom. The average molecular weight is 372 g/mol. The third-order valence-corrected chi connectivity index (χ3v) is 4.09. The summed E-state index contributed by atoms with van der Waals surface area (Å²) in [7, 11) is 1.64. The molecule has 0 aliphatic carbocycles. The number of nitrogens with zero attached hydrogens (tertiary/aromatic N) is 2. The van der Waals surface area contributed by atoms with Crippen LogP contribution in [-0.4, -0.2) is 23.9 Å². The van der Waals surface area contributed by atoms with Crippen molar-refractivity contribution >= 4 is 32.4 Å². The van der Waals surface area contributed by atoms with E-state index in [0.29, 0.717) is 13.2 Å². The molecule has 1 N–H and O–H groups in total. The Labute approximate surface area is 136 Å². The number of benzene rings is 1. The first-order chi connectivity index (χ1) is 10.1. The van der Waals surface area contributed by atoms with Crippen LogP contribution in [0.5, 0.6) is 11.5 Å². The highest BCUT2D eigenvalue weighted by molar-refractivity contribution is 9.10. The molecule has 1 aromatic heterocycles. The highest BCUT2D eigenvalue weighted by Gasteiger charge is 2.12. The van der Waals surface area contributed by atoms with E-state index >= 15 is 0 Å². The minimum absolute atomic E-state index is 0.650. The summed E-state index contributed by atoms with van der Waals surface area (Å²) in [6.45, 7) is 5.32. The van der Waals surface area contributed by atoms with Gasteiger partial charge in [-0.3, -0.25) is 0 Å². The van der Waals surface area contributed by atoms with Crippen LogP contribution in [0.4, 0.5) is 5.13 Å². The third kappa shape index (κ3) is 4.31. The van der Waals surface area contributed by atoms with Gasteiger partial charge in [-0.25, -0.2) is 0 Å². The van der Waals surface area contributed by atoms with Crippen LogP contribution in [0.15, 0.2) is 16.6 Å². The fraction of sp³-hybridized carbons (Fsp3) is 0.429. The zero-order chi connectivity index (χ0) is 15.2. The third-order valence-electron chi connectivity index (χ3n) is 2.71. The van der Waals surface area contributed by atoms with Crippen molar-refractivity contribution in [3.63, 3.8) is 0 Å². The van der Waals surface area contributed by atoms with Gasteiger partial charge in [0.25, 0.3) is 0 Å². The molecule has 0 spiro atoms. The zero-order valence-electron chi connectivity index (χ0n) is 12.3. The Balaban J connectivity index is 2.11. The van der Waals surface area contributed by atoms with E-state index in [0.717, 1.165) is 38.1 Å². The fourth-order valence-electron chi connectivity index (χ4n) is 1.77. The molecule has 0 bridgehead atoms. The Hall–Kier alpha value is -1.34. The molecule has 5 nitrogen and oxygen atoms in total. The van der Waals surface area contributed by atoms with Crippen molar-refractivity contribution in [2.75, 3.05) is 19.0 Å². The predicted octanol–water partition coefficient (Wildman–Crippen LogP) is 4.02. The summed E-state index contributed by atoms with van der Waals surface area (Å²) in [6, 6.07) is 3.99. The first-order valence-electron chi connectivity index (χ1n) is 6.67. The van der Waals surface area contributed by atoms with Gasteiger partial charge in [0.05, 0.1) is 18.2 Å². The number of anilines is 1. The standard InChI is InChI=1S/C14H18BrN3O2S/c1-4-5-20-13-11(15)6-10(7-12(13)19-3)8-16-14-18-17-9(2)21-14/h6-7H,4-5,8H2,1-3H3,(H,16,18). The largest absolute Gasteiger partial charge is 0.493 e. The lowest BCUT2D eigenvalue weighted by atomic mass is 10.2. The van der Waals surface area contributed by atoms with Crippen molar-refractivity contribution in [2.24, 2.45) is 0 Å². The number of hydrogen-bond donors (Lipinski definition) is 1. The molecule has 0 aliphatic rings. The highest BCUT2D eigenvalue weighted by atomic mass is 79.9. The number of ether oxygens (including phenoxy) is 2. The minimum atomic E-state index is 0.650. The van der Waals surface area contributed by atoms with Gasteiger partial charge in [-0.15, -0.1) is 10.2 Å². The van der Waals surface area contributed by atoms with Gasteiger partial charge < -0.3 is 14.8 Å². The topological polar surface area (TPSA) is 56.3 Å². The van der Waals surface area contributed by atoms with E-state index in [1.54, 1.807) is 7.11 Å². The smallest absolute Gasteiger partial charge is 0.205 e. The van der Waals surface area contributed by atoms with E-state index in [9.17, 15) is 0 Å². The molecule has 0 unspecified atom stereocenters. The van der Waals surface area contributed by atoms with Crippen molar-refractivity contribution in [2.45, 2.75) is 26.8 Å². The second-order valence-electron chi connectivity index (χ2n) is 4.44. The van der Waals surface area contributed by atoms with Gasteiger partial charge in [-0.2, -0.15) is 0 Å². The first-order valence-corrected chi connectivity index (χ1v) is 8.28. The van der Waals surface area contributed by atoms with Crippen LogP contribution < -0.4 is 14.8 Å². The molecule has 0 amide bonds. The van der Waals surface area contributed by atoms with Gasteiger partial charge in [-0.05, 0) is 47.0 Å². The van der Waals surface area contributed by atoms with E-state index in [1.165, 1.54) is 11.3 Å². The average Bonchev–Trinajstić information content (AvgIpc) is 2.89. The van der Waals surface area contributed by atoms with E-state index in [1.807, 2.05) is 19.1 Å². The molecule has 0 radical (unpaired) electrons. The van der Waals surface area contributed by atoms with Crippen molar-refractivity contribution in [1.82, 2.24) is 10.2 Å². The van der Waals surface area contributed by atoms with Crippen molar-refractivity contribution < 1.29 is 9.47 Å². The highest BCUT2D eigenvalue weighted by Crippen LogP contribution is 2.37. The maximum absolute atomic E-state index is 5.72. The van der Waals surface area contributed by atoms with Crippen molar-refractivity contribution in [3.05, 3.63) is 27.2 Å². The van der Waals surface area contributed by atoms with Crippen LogP contribution in [0.2, 0.25) is 0 Å². The molecular formula is C14H18BrN3O2S. The van der Waals surface area contributed by atoms with E-state index < -0.39 is 0 Å². The van der Waals surface area contributed by atoms with Gasteiger partial charge >= 0.3 is 0 Å². The molecule has 2 aromatic rings. The molecule has 0 atom stereocenters. The number of hydrogen-bond acceptors (Lipinski definition) is 6. The normalized spacial score (nSPS) is 10.5. The minimum Gasteiger partial charge on any atom is -0.493 e. The SMILES string of the molecule is CCCOc1c(Br)cc(CNc2nnc(C)s2)cc1OC. The predicted molar refractivity (Wildman–Crippen MR) is 88.5 cm³/mol. The van der Waals surface area contributed by atoms with Crippen molar-refractivity contribution in [1.29, 1.82) is 0 Å². The Kier molecular flexibility index (Phi) is 5.81. The van der Waals surface area contributed by atoms with E-state index in [4.69, 9.17) is 9.47 Å². The van der Waals surface area contributed by atoms with Gasteiger partial charge in [0.15, 0.2) is 11.5 Å². The summed E-state index contributed by atoms with van der Waals surface area (Å²) in [5.41, 5.74) is 1.08. The molecule has 7 heteroatoms. The molecule has 2 rings (SSSR count). The number of rotatable bonds is 7. The molecule has 0 saturated heterocycles. The fourth-order valence-corrected chi connectivity index (χ4v) is 2.96. The summed E-state index contributed by atoms with van der Waals surface area (Å²) in [6.07, 6.45) is 0.954. The maximum atomic E-state index is 5.72. The van der Waals surface area contributed by atoms with E-state index in [-0.39, 0.29) is 0 Å². The number of methoxy groups -OCH3 is 1. The maximum Gasteiger partial charge on any atom is 0.205 e. The number of nitrogens with one attached hydrogen (secondary N) is 1. The lowest BCUT2D eigenvalue weighted by Gasteiger charge is -2.14. The Bertz CT molecular complexity index is 604. The molecule has 0 fully saturated rings. The molecule has 1 aromatic carbocycles. The summed E-state index contributed by atoms with van der Waals surface area (Å²) in [5, 5.41) is 13.0. The zero-order valence-corrected chi connectivity index (χ0v) is 14.7. The van der Waals surface area contributed by atoms with Crippen LogP contribution >= 0.6 is 27.3 Å². The molecule has 114 valence electrons. The summed E-state index contributed by atoms with van der Waals surface area (Å²) in [5.74, 6) is 1.47. The van der Waals surface area contributed by atoms with Gasteiger partial charge in [0.1, 0.15) is 5.01 Å². The van der Waals surface area contributed by atoms with Crippen molar-refractivity contribution in [3.8, 4) is 11.5 Å². The quantitative estimate of drug-likeness (QED) is 0.796. The van der Waals surface area contributed by atoms with Crippen LogP contribution in [0.1, 0.15) is 23.9 Å².